The number of para-hydroxylation sites is 1. The molecule has 1 aliphatic rings. The fourth-order valence-corrected chi connectivity index (χ4v) is 2.25. The number of aryl methyl sites for hydroxylation is 1. The van der Waals surface area contributed by atoms with Crippen LogP contribution >= 0.6 is 0 Å². The molecule has 17 heavy (non-hydrogen) atoms. The van der Waals surface area contributed by atoms with E-state index in [1.165, 1.54) is 5.56 Å². The van der Waals surface area contributed by atoms with Crippen molar-refractivity contribution in [3.8, 4) is 17.0 Å². The van der Waals surface area contributed by atoms with E-state index in [0.29, 0.717) is 5.82 Å². The zero-order chi connectivity index (χ0) is 12.0. The molecule has 1 aliphatic heterocycles. The van der Waals surface area contributed by atoms with Crippen molar-refractivity contribution in [1.82, 2.24) is 9.78 Å². The number of fused-ring (bicyclic) bond motifs is 1. The predicted molar refractivity (Wildman–Crippen MR) is 66.9 cm³/mol. The number of hydrogen-bond donors (Lipinski definition) is 1. The van der Waals surface area contributed by atoms with Gasteiger partial charge >= 0.3 is 0 Å². The highest BCUT2D eigenvalue weighted by atomic mass is 16.5. The zero-order valence-corrected chi connectivity index (χ0v) is 9.97. The van der Waals surface area contributed by atoms with Crippen LogP contribution in [-0.2, 0) is 13.5 Å². The topological polar surface area (TPSA) is 53.1 Å². The largest absolute Gasteiger partial charge is 0.489 e. The average molecular weight is 229 g/mol. The van der Waals surface area contributed by atoms with Crippen LogP contribution in [0.25, 0.3) is 11.3 Å². The normalized spacial score (nSPS) is 17.9. The Morgan fingerprint density at radius 3 is 3.00 bits per heavy atom. The molecule has 1 aromatic carbocycles. The maximum absolute atomic E-state index is 5.85. The van der Waals surface area contributed by atoms with Crippen molar-refractivity contribution >= 4 is 5.82 Å². The van der Waals surface area contributed by atoms with Gasteiger partial charge in [0, 0.05) is 25.1 Å². The lowest BCUT2D eigenvalue weighted by Gasteiger charge is -2.06. The van der Waals surface area contributed by atoms with Gasteiger partial charge in [-0.2, -0.15) is 5.10 Å². The van der Waals surface area contributed by atoms with E-state index in [1.54, 1.807) is 4.68 Å². The third-order valence-corrected chi connectivity index (χ3v) is 3.11. The molecular weight excluding hydrogens is 214 g/mol. The van der Waals surface area contributed by atoms with Crippen LogP contribution in [0.1, 0.15) is 12.5 Å². The zero-order valence-electron chi connectivity index (χ0n) is 9.97. The van der Waals surface area contributed by atoms with E-state index in [1.807, 2.05) is 25.2 Å². The Morgan fingerprint density at radius 1 is 1.47 bits per heavy atom. The first-order valence-corrected chi connectivity index (χ1v) is 5.73. The van der Waals surface area contributed by atoms with Crippen LogP contribution in [0.4, 0.5) is 5.82 Å². The number of nitrogens with zero attached hydrogens (tertiary/aromatic N) is 2. The Bertz CT molecular complexity index is 555. The second-order valence-corrected chi connectivity index (χ2v) is 4.50. The van der Waals surface area contributed by atoms with Gasteiger partial charge < -0.3 is 10.5 Å². The molecular formula is C13H15N3O. The van der Waals surface area contributed by atoms with Crippen LogP contribution < -0.4 is 10.5 Å². The average Bonchev–Trinajstić information content (AvgIpc) is 2.81. The highest BCUT2D eigenvalue weighted by Crippen LogP contribution is 2.38. The number of nitrogens with two attached hydrogens (primary N) is 1. The highest BCUT2D eigenvalue weighted by Gasteiger charge is 2.23. The van der Waals surface area contributed by atoms with Crippen LogP contribution in [-0.4, -0.2) is 15.9 Å². The summed E-state index contributed by atoms with van der Waals surface area (Å²) in [5, 5.41) is 4.39. The lowest BCUT2D eigenvalue weighted by atomic mass is 10.0. The summed E-state index contributed by atoms with van der Waals surface area (Å²) < 4.78 is 7.53. The SMILES string of the molecule is CC1Cc2cccc(-c3cc(N)n(C)n3)c2O1. The first-order chi connectivity index (χ1) is 8.15. The monoisotopic (exact) mass is 229 g/mol. The van der Waals surface area contributed by atoms with Crippen molar-refractivity contribution in [1.29, 1.82) is 0 Å². The summed E-state index contributed by atoms with van der Waals surface area (Å²) in [5.74, 6) is 1.61. The number of ether oxygens (including phenoxy) is 1. The first-order valence-electron chi connectivity index (χ1n) is 5.73. The second-order valence-electron chi connectivity index (χ2n) is 4.50. The van der Waals surface area contributed by atoms with Crippen molar-refractivity contribution in [2.45, 2.75) is 19.4 Å². The summed E-state index contributed by atoms with van der Waals surface area (Å²) in [6.45, 7) is 2.08. The van der Waals surface area contributed by atoms with Crippen molar-refractivity contribution in [3.05, 3.63) is 29.8 Å². The third kappa shape index (κ3) is 1.56. The smallest absolute Gasteiger partial charge is 0.132 e. The minimum absolute atomic E-state index is 0.243. The van der Waals surface area contributed by atoms with Crippen molar-refractivity contribution < 1.29 is 4.74 Å². The van der Waals surface area contributed by atoms with Gasteiger partial charge in [0.25, 0.3) is 0 Å². The summed E-state index contributed by atoms with van der Waals surface area (Å²) in [4.78, 5) is 0. The number of hydrogen-bond acceptors (Lipinski definition) is 3. The van der Waals surface area contributed by atoms with E-state index in [2.05, 4.69) is 18.1 Å². The molecule has 2 N–H and O–H groups in total. The molecule has 0 fully saturated rings. The quantitative estimate of drug-likeness (QED) is 0.813. The molecule has 0 saturated heterocycles. The third-order valence-electron chi connectivity index (χ3n) is 3.11. The van der Waals surface area contributed by atoms with E-state index in [4.69, 9.17) is 10.5 Å². The van der Waals surface area contributed by atoms with Gasteiger partial charge in [0.15, 0.2) is 0 Å². The van der Waals surface area contributed by atoms with Gasteiger partial charge in [-0.15, -0.1) is 0 Å². The van der Waals surface area contributed by atoms with E-state index in [9.17, 15) is 0 Å². The van der Waals surface area contributed by atoms with Crippen molar-refractivity contribution in [3.63, 3.8) is 0 Å². The van der Waals surface area contributed by atoms with Crippen LogP contribution in [0, 0.1) is 0 Å². The summed E-state index contributed by atoms with van der Waals surface area (Å²) in [7, 11) is 1.84. The van der Waals surface area contributed by atoms with Crippen LogP contribution in [0.15, 0.2) is 24.3 Å². The lowest BCUT2D eigenvalue weighted by molar-refractivity contribution is 0.255. The number of anilines is 1. The molecule has 4 nitrogen and oxygen atoms in total. The molecule has 0 amide bonds. The van der Waals surface area contributed by atoms with Crippen LogP contribution in [0.2, 0.25) is 0 Å². The number of aromatic nitrogens is 2. The maximum Gasteiger partial charge on any atom is 0.132 e. The molecule has 3 rings (SSSR count). The van der Waals surface area contributed by atoms with E-state index >= 15 is 0 Å². The summed E-state index contributed by atoms with van der Waals surface area (Å²) in [6.07, 6.45) is 1.21. The van der Waals surface area contributed by atoms with Crippen LogP contribution in [0.5, 0.6) is 5.75 Å². The second kappa shape index (κ2) is 3.52. The summed E-state index contributed by atoms with van der Waals surface area (Å²) >= 11 is 0. The minimum atomic E-state index is 0.243. The predicted octanol–water partition coefficient (Wildman–Crippen LogP) is 1.99. The van der Waals surface area contributed by atoms with Gasteiger partial charge in [0.1, 0.15) is 17.7 Å². The number of rotatable bonds is 1. The Labute approximate surface area is 100 Å². The molecule has 1 unspecified atom stereocenters. The molecule has 1 aromatic heterocycles. The molecule has 0 saturated carbocycles. The Kier molecular flexibility index (Phi) is 2.11. The van der Waals surface area contributed by atoms with E-state index in [0.717, 1.165) is 23.4 Å². The Balaban J connectivity index is 2.13. The molecule has 1 atom stereocenters. The fraction of sp³-hybridized carbons (Fsp3) is 0.308. The highest BCUT2D eigenvalue weighted by molar-refractivity contribution is 5.71. The van der Waals surface area contributed by atoms with Crippen molar-refractivity contribution in [2.24, 2.45) is 7.05 Å². The molecule has 0 radical (unpaired) electrons. The van der Waals surface area contributed by atoms with Gasteiger partial charge in [-0.1, -0.05) is 12.1 Å². The molecule has 4 heteroatoms. The summed E-state index contributed by atoms with van der Waals surface area (Å²) in [6, 6.07) is 8.05. The molecule has 2 heterocycles. The van der Waals surface area contributed by atoms with Gasteiger partial charge in [-0.3, -0.25) is 4.68 Å². The Hall–Kier alpha value is -1.97. The Morgan fingerprint density at radius 2 is 2.29 bits per heavy atom. The van der Waals surface area contributed by atoms with Crippen LogP contribution in [0.3, 0.4) is 0 Å². The van der Waals surface area contributed by atoms with E-state index in [-0.39, 0.29) is 6.10 Å². The van der Waals surface area contributed by atoms with Gasteiger partial charge in [-0.05, 0) is 18.6 Å². The number of nitrogen functional groups attached to an aromatic ring is 1. The minimum Gasteiger partial charge on any atom is -0.489 e. The molecule has 0 aliphatic carbocycles. The molecule has 0 spiro atoms. The van der Waals surface area contributed by atoms with E-state index < -0.39 is 0 Å². The van der Waals surface area contributed by atoms with Gasteiger partial charge in [0.2, 0.25) is 0 Å². The standard InChI is InChI=1S/C13H15N3O/c1-8-6-9-4-3-5-10(13(9)17-8)11-7-12(14)16(2)15-11/h3-5,7-8H,6,14H2,1-2H3. The molecule has 88 valence electrons. The lowest BCUT2D eigenvalue weighted by Crippen LogP contribution is -2.05. The maximum atomic E-state index is 5.85. The van der Waals surface area contributed by atoms with Gasteiger partial charge in [0.05, 0.1) is 5.69 Å². The summed E-state index contributed by atoms with van der Waals surface area (Å²) in [5.41, 5.74) is 8.96. The molecule has 0 bridgehead atoms. The van der Waals surface area contributed by atoms with Crippen molar-refractivity contribution in [2.75, 3.05) is 5.73 Å². The number of benzene rings is 1. The molecule has 2 aromatic rings. The first kappa shape index (κ1) is 10.2. The fourth-order valence-electron chi connectivity index (χ4n) is 2.25. The van der Waals surface area contributed by atoms with Gasteiger partial charge in [-0.25, -0.2) is 0 Å².